The lowest BCUT2D eigenvalue weighted by atomic mass is 10.4. The quantitative estimate of drug-likeness (QED) is 0.511. The van der Waals surface area contributed by atoms with Gasteiger partial charge in [-0.2, -0.15) is 0 Å². The van der Waals surface area contributed by atoms with Gasteiger partial charge in [0.2, 0.25) is 0 Å². The monoisotopic (exact) mass is 209 g/mol. The third-order valence-corrected chi connectivity index (χ3v) is 3.94. The van der Waals surface area contributed by atoms with Crippen molar-refractivity contribution < 1.29 is 0 Å². The van der Waals surface area contributed by atoms with Gasteiger partial charge in [-0.25, -0.2) is 4.98 Å². The zero-order chi connectivity index (χ0) is 9.90. The number of hydrogen-bond donors (Lipinski definition) is 0. The Morgan fingerprint density at radius 1 is 1.38 bits per heavy atom. The largest absolute Gasteiger partial charge is 0.248 e. The summed E-state index contributed by atoms with van der Waals surface area (Å²) in [6.07, 6.45) is 1.80. The molecule has 0 aliphatic rings. The molecule has 1 heterocycles. The molecule has 13 heavy (non-hydrogen) atoms. The van der Waals surface area contributed by atoms with Gasteiger partial charge in [0.1, 0.15) is 5.69 Å². The van der Waals surface area contributed by atoms with Crippen molar-refractivity contribution >= 4 is 24.9 Å². The van der Waals surface area contributed by atoms with Gasteiger partial charge >= 0.3 is 0 Å². The molecule has 0 radical (unpaired) electrons. The fraction of sp³-hybridized carbons (Fsp3) is 0.300. The molecule has 0 spiro atoms. The van der Waals surface area contributed by atoms with Crippen LogP contribution in [0, 0.1) is 11.3 Å². The van der Waals surface area contributed by atoms with E-state index in [2.05, 4.69) is 42.0 Å². The van der Waals surface area contributed by atoms with Gasteiger partial charge < -0.3 is 0 Å². The van der Waals surface area contributed by atoms with Crippen molar-refractivity contribution in [1.82, 2.24) is 4.98 Å². The number of hydrogen-bond acceptors (Lipinski definition) is 1. The average Bonchev–Trinajstić information content (AvgIpc) is 2.04. The number of nitrogens with zero attached hydrogens (tertiary/aromatic N) is 1. The van der Waals surface area contributed by atoms with Crippen molar-refractivity contribution in [1.29, 1.82) is 0 Å². The molecule has 1 nitrogen and oxygen atoms in total. The van der Waals surface area contributed by atoms with E-state index in [1.54, 1.807) is 6.20 Å². The van der Waals surface area contributed by atoms with Gasteiger partial charge in [0.15, 0.2) is 0 Å². The number of pyridine rings is 1. The first-order chi connectivity index (χ1) is 6.04. The normalized spacial score (nSPS) is 10.5. The van der Waals surface area contributed by atoms with E-state index < -0.39 is 8.07 Å². The van der Waals surface area contributed by atoms with Crippen LogP contribution < -0.4 is 5.19 Å². The highest BCUT2D eigenvalue weighted by Gasteiger charge is 2.16. The summed E-state index contributed by atoms with van der Waals surface area (Å²) in [4.78, 5) is 4.11. The van der Waals surface area contributed by atoms with Crippen molar-refractivity contribution in [3.05, 3.63) is 24.0 Å². The summed E-state index contributed by atoms with van der Waals surface area (Å²) in [5, 5.41) is 3.70. The van der Waals surface area contributed by atoms with E-state index in [1.807, 2.05) is 6.07 Å². The molecule has 1 aromatic rings. The van der Waals surface area contributed by atoms with Crippen LogP contribution in [0.5, 0.6) is 0 Å². The smallest absolute Gasteiger partial charge is 0.114 e. The molecule has 1 rings (SSSR count). The number of halogens is 1. The maximum absolute atomic E-state index is 5.31. The first-order valence-electron chi connectivity index (χ1n) is 4.12. The Balaban J connectivity index is 3.10. The van der Waals surface area contributed by atoms with Crippen molar-refractivity contribution in [2.24, 2.45) is 0 Å². The molecule has 68 valence electrons. The van der Waals surface area contributed by atoms with Gasteiger partial charge in [-0.05, 0) is 29.7 Å². The molecule has 0 saturated carbocycles. The second-order valence-corrected chi connectivity index (χ2v) is 9.17. The van der Waals surface area contributed by atoms with Crippen LogP contribution in [0.15, 0.2) is 18.3 Å². The Kier molecular flexibility index (Phi) is 3.13. The van der Waals surface area contributed by atoms with Crippen molar-refractivity contribution in [3.8, 4) is 11.3 Å². The minimum absolute atomic E-state index is 0.759. The fourth-order valence-electron chi connectivity index (χ4n) is 1.01. The highest BCUT2D eigenvalue weighted by molar-refractivity contribution is 6.88. The average molecular weight is 210 g/mol. The number of aromatic nitrogens is 1. The van der Waals surface area contributed by atoms with E-state index in [0.717, 1.165) is 5.69 Å². The second kappa shape index (κ2) is 3.95. The van der Waals surface area contributed by atoms with E-state index in [1.165, 1.54) is 5.19 Å². The third kappa shape index (κ3) is 2.87. The first kappa shape index (κ1) is 10.3. The van der Waals surface area contributed by atoms with Crippen molar-refractivity contribution in [2.75, 3.05) is 0 Å². The van der Waals surface area contributed by atoms with Crippen molar-refractivity contribution in [2.45, 2.75) is 19.6 Å². The van der Waals surface area contributed by atoms with E-state index in [9.17, 15) is 0 Å². The van der Waals surface area contributed by atoms with E-state index in [4.69, 9.17) is 11.6 Å². The Hall–Kier alpha value is -0.783. The van der Waals surface area contributed by atoms with Gasteiger partial charge in [0.25, 0.3) is 0 Å². The van der Waals surface area contributed by atoms with Crippen LogP contribution in [0.2, 0.25) is 19.6 Å². The lowest BCUT2D eigenvalue weighted by Crippen LogP contribution is -2.37. The maximum Gasteiger partial charge on any atom is 0.114 e. The van der Waals surface area contributed by atoms with Crippen LogP contribution in [0.3, 0.4) is 0 Å². The first-order valence-corrected chi connectivity index (χ1v) is 8.00. The summed E-state index contributed by atoms with van der Waals surface area (Å²) in [7, 11) is -1.24. The van der Waals surface area contributed by atoms with Crippen LogP contribution in [0.4, 0.5) is 0 Å². The summed E-state index contributed by atoms with van der Waals surface area (Å²) in [6, 6.07) is 4.09. The highest BCUT2D eigenvalue weighted by Crippen LogP contribution is 2.02. The van der Waals surface area contributed by atoms with Gasteiger partial charge in [0, 0.05) is 11.6 Å². The Bertz CT molecular complexity index is 357. The molecule has 0 saturated heterocycles. The second-order valence-electron chi connectivity index (χ2n) is 3.90. The highest BCUT2D eigenvalue weighted by atomic mass is 35.5. The number of rotatable bonds is 1. The zero-order valence-corrected chi connectivity index (χ0v) is 9.81. The molecule has 3 heteroatoms. The van der Waals surface area contributed by atoms with E-state index in [-0.39, 0.29) is 0 Å². The zero-order valence-electron chi connectivity index (χ0n) is 8.06. The molecule has 0 N–H and O–H groups in total. The lowest BCUT2D eigenvalue weighted by Gasteiger charge is -2.15. The molecule has 0 unspecified atom stereocenters. The molecule has 0 bridgehead atoms. The van der Waals surface area contributed by atoms with Crippen LogP contribution >= 0.6 is 11.6 Å². The summed E-state index contributed by atoms with van der Waals surface area (Å²) >= 11 is 5.31. The minimum atomic E-state index is -1.24. The van der Waals surface area contributed by atoms with Gasteiger partial charge in [-0.15, -0.1) is 0 Å². The van der Waals surface area contributed by atoms with Crippen LogP contribution in [-0.4, -0.2) is 13.1 Å². The molecular weight excluding hydrogens is 198 g/mol. The van der Waals surface area contributed by atoms with Crippen LogP contribution in [0.25, 0.3) is 0 Å². The van der Waals surface area contributed by atoms with Crippen LogP contribution in [0.1, 0.15) is 5.69 Å². The van der Waals surface area contributed by atoms with Gasteiger partial charge in [-0.1, -0.05) is 24.8 Å². The summed E-state index contributed by atoms with van der Waals surface area (Å²) < 4.78 is 0. The predicted molar refractivity (Wildman–Crippen MR) is 59.9 cm³/mol. The molecule has 0 aromatic carbocycles. The van der Waals surface area contributed by atoms with E-state index in [0.29, 0.717) is 0 Å². The van der Waals surface area contributed by atoms with Crippen molar-refractivity contribution in [3.63, 3.8) is 0 Å². The minimum Gasteiger partial charge on any atom is -0.248 e. The Morgan fingerprint density at radius 2 is 2.08 bits per heavy atom. The topological polar surface area (TPSA) is 12.9 Å². The summed E-state index contributed by atoms with van der Waals surface area (Å²) in [5.74, 6) is 2.75. The predicted octanol–water partition coefficient (Wildman–Crippen LogP) is 2.17. The molecular formula is C10H12ClNSi. The maximum atomic E-state index is 5.31. The van der Waals surface area contributed by atoms with Gasteiger partial charge in [0.05, 0.1) is 8.07 Å². The molecule has 0 amide bonds. The SMILES string of the molecule is C[Si](C)(C)c1ccnc(C#CCl)c1. The molecule has 0 aliphatic carbocycles. The standard InChI is InChI=1S/C10H12ClNSi/c1-13(2,3)10-5-7-12-9(8-10)4-6-11/h5,7-8H,1-3H3. The molecule has 1 aromatic heterocycles. The lowest BCUT2D eigenvalue weighted by molar-refractivity contribution is 1.30. The van der Waals surface area contributed by atoms with E-state index >= 15 is 0 Å². The molecule has 0 fully saturated rings. The van der Waals surface area contributed by atoms with Gasteiger partial charge in [-0.3, -0.25) is 0 Å². The molecule has 0 aliphatic heterocycles. The Morgan fingerprint density at radius 3 is 2.62 bits per heavy atom. The fourth-order valence-corrected chi connectivity index (χ4v) is 2.25. The Labute approximate surface area is 85.2 Å². The van der Waals surface area contributed by atoms with Crippen LogP contribution in [-0.2, 0) is 0 Å². The third-order valence-electron chi connectivity index (χ3n) is 1.80. The molecule has 0 atom stereocenters. The summed E-state index contributed by atoms with van der Waals surface area (Å²) in [6.45, 7) is 6.88. The summed E-state index contributed by atoms with van der Waals surface area (Å²) in [5.41, 5.74) is 0.759.